The van der Waals surface area contributed by atoms with Crippen molar-refractivity contribution in [2.24, 2.45) is 0 Å². The molecule has 99 heavy (non-hydrogen) atoms. The fourth-order valence-corrected chi connectivity index (χ4v) is 11.8. The van der Waals surface area contributed by atoms with E-state index in [9.17, 15) is 43.5 Å². The number of rotatable bonds is 73. The minimum Gasteiger partial charge on any atom is -0.463 e. The fraction of sp³-hybridized carbons (Fsp3) is 0.716. The number of phosphoric acid groups is 2. The van der Waals surface area contributed by atoms with Crippen LogP contribution in [0.15, 0.2) is 122 Å². The van der Waals surface area contributed by atoms with Gasteiger partial charge in [-0.05, 0) is 128 Å². The summed E-state index contributed by atoms with van der Waals surface area (Å²) in [6.45, 7) is 2.47. The van der Waals surface area contributed by atoms with Gasteiger partial charge >= 0.3 is 33.6 Å². The molecule has 0 spiro atoms. The van der Waals surface area contributed by atoms with Crippen molar-refractivity contribution < 1.29 is 75.8 Å². The second kappa shape index (κ2) is 73.7. The number of allylic oxidation sites excluding steroid dienone is 20. The summed E-state index contributed by atoms with van der Waals surface area (Å²) in [7, 11) is -9.79. The molecule has 0 aliphatic carbocycles. The van der Waals surface area contributed by atoms with Gasteiger partial charge in [0, 0.05) is 19.3 Å². The van der Waals surface area contributed by atoms with E-state index in [-0.39, 0.29) is 19.3 Å². The van der Waals surface area contributed by atoms with Crippen molar-refractivity contribution in [3.8, 4) is 0 Å². The number of aliphatic hydroxyl groups is 2. The van der Waals surface area contributed by atoms with Crippen LogP contribution in [-0.4, -0.2) is 95.9 Å². The summed E-state index contributed by atoms with van der Waals surface area (Å²) < 4.78 is 61.0. The molecule has 0 fully saturated rings. The van der Waals surface area contributed by atoms with E-state index in [1.54, 1.807) is 0 Å². The summed E-state index contributed by atoms with van der Waals surface area (Å²) in [4.78, 5) is 58.5. The Morgan fingerprint density at radius 1 is 0.293 bits per heavy atom. The van der Waals surface area contributed by atoms with E-state index < -0.39 is 91.5 Å². The third kappa shape index (κ3) is 74.9. The molecule has 16 nitrogen and oxygen atoms in total. The van der Waals surface area contributed by atoms with Crippen molar-refractivity contribution >= 4 is 33.6 Å². The second-order valence-corrected chi connectivity index (χ2v) is 28.7. The van der Waals surface area contributed by atoms with Crippen LogP contribution in [0, 0.1) is 0 Å². The fourth-order valence-electron chi connectivity index (χ4n) is 10.2. The second-order valence-electron chi connectivity index (χ2n) is 25.8. The standard InChI is InChI=1S/C81H140O16P2/c1-4-7-10-13-16-19-22-24-26-28-30-32-33-34-35-36-37-38-39-40-41-43-45-46-48-50-53-55-58-61-64-67-79(84)91-70-76(82)71-93-98(87,88)94-72-77(83)73-95-99(89,90)96-75-78(97-81(86)69-66-63-60-57-52-21-18-15-12-9-6-3)74-92-80(85)68-65-62-59-56-54-51-49-47-44-42-31-29-27-25-23-20-17-14-11-8-5-2/h8,11,15-20,24-27,30-32,34-35,42,47,49,76-78,82-83H,4-7,9-10,12-14,21-23,28-29,33,36-41,43-46,48,50-75H2,1-3H3,(H,87,88)(H,89,90)/b11-8-,18-15-,19-16-,20-17-,26-24-,27-25-,32-30-,35-34-,42-31-,49-47-. The van der Waals surface area contributed by atoms with Crippen LogP contribution in [0.5, 0.6) is 0 Å². The van der Waals surface area contributed by atoms with Crippen LogP contribution in [0.3, 0.4) is 0 Å². The molecule has 5 atom stereocenters. The van der Waals surface area contributed by atoms with E-state index in [2.05, 4.69) is 142 Å². The lowest BCUT2D eigenvalue weighted by atomic mass is 10.0. The predicted octanol–water partition coefficient (Wildman–Crippen LogP) is 22.5. The smallest absolute Gasteiger partial charge is 0.463 e. The zero-order chi connectivity index (χ0) is 72.3. The zero-order valence-electron chi connectivity index (χ0n) is 62.1. The van der Waals surface area contributed by atoms with Gasteiger partial charge in [0.25, 0.3) is 0 Å². The zero-order valence-corrected chi connectivity index (χ0v) is 63.9. The van der Waals surface area contributed by atoms with E-state index in [4.69, 9.17) is 32.3 Å². The maximum Gasteiger partial charge on any atom is 0.472 e. The Hall–Kier alpha value is -4.05. The van der Waals surface area contributed by atoms with Crippen LogP contribution >= 0.6 is 15.6 Å². The largest absolute Gasteiger partial charge is 0.472 e. The maximum atomic E-state index is 12.9. The number of hydrogen-bond donors (Lipinski definition) is 4. The minimum absolute atomic E-state index is 0.0875. The predicted molar refractivity (Wildman–Crippen MR) is 408 cm³/mol. The van der Waals surface area contributed by atoms with Crippen molar-refractivity contribution in [1.29, 1.82) is 0 Å². The lowest BCUT2D eigenvalue weighted by Gasteiger charge is -2.21. The lowest BCUT2D eigenvalue weighted by Crippen LogP contribution is -2.30. The van der Waals surface area contributed by atoms with E-state index in [0.29, 0.717) is 19.3 Å². The number of ether oxygens (including phenoxy) is 3. The van der Waals surface area contributed by atoms with Crippen molar-refractivity contribution in [2.75, 3.05) is 39.6 Å². The van der Waals surface area contributed by atoms with E-state index in [0.717, 1.165) is 141 Å². The summed E-state index contributed by atoms with van der Waals surface area (Å²) >= 11 is 0. The van der Waals surface area contributed by atoms with Crippen LogP contribution in [-0.2, 0) is 55.8 Å². The number of carbonyl (C=O) groups is 3. The third-order valence-electron chi connectivity index (χ3n) is 16.1. The molecule has 0 bridgehead atoms. The molecule has 4 N–H and O–H groups in total. The van der Waals surface area contributed by atoms with Gasteiger partial charge in [-0.1, -0.05) is 290 Å². The topological polar surface area (TPSA) is 231 Å². The monoisotopic (exact) mass is 1430 g/mol. The molecule has 0 aliphatic rings. The van der Waals surface area contributed by atoms with Crippen molar-refractivity contribution in [3.63, 3.8) is 0 Å². The SMILES string of the molecule is CC/C=C\C/C=C\C/C=C\C/C=C\C/C=C\CCCCCCCC(=O)OCC(COP(=O)(O)OCC(O)COP(=O)(O)OCC(O)COC(=O)CCCCCCCCCCCCCCCCC/C=C\C/C=C\C/C=C\C/C=C\CCCCC)OC(=O)CCCCCCC/C=C\CCCC. The highest BCUT2D eigenvalue weighted by atomic mass is 31.2. The summed E-state index contributed by atoms with van der Waals surface area (Å²) in [5, 5.41) is 20.6. The Morgan fingerprint density at radius 3 is 0.889 bits per heavy atom. The Kier molecular flexibility index (Phi) is 70.7. The van der Waals surface area contributed by atoms with Gasteiger partial charge in [-0.25, -0.2) is 9.13 Å². The third-order valence-corrected chi connectivity index (χ3v) is 18.0. The first-order valence-electron chi connectivity index (χ1n) is 38.8. The molecular formula is C81H140O16P2. The summed E-state index contributed by atoms with van der Waals surface area (Å²) in [5.74, 6) is -1.61. The molecule has 0 aromatic heterocycles. The minimum atomic E-state index is -4.93. The summed E-state index contributed by atoms with van der Waals surface area (Å²) in [5.41, 5.74) is 0. The first kappa shape index (κ1) is 94.9. The van der Waals surface area contributed by atoms with Crippen molar-refractivity contribution in [1.82, 2.24) is 0 Å². The van der Waals surface area contributed by atoms with Gasteiger partial charge in [0.2, 0.25) is 0 Å². The normalized spacial score (nSPS) is 14.7. The summed E-state index contributed by atoms with van der Waals surface area (Å²) in [6, 6.07) is 0. The molecule has 0 amide bonds. The number of aliphatic hydroxyl groups excluding tert-OH is 2. The Bertz CT molecular complexity index is 2290. The Morgan fingerprint density at radius 2 is 0.545 bits per heavy atom. The number of esters is 3. The highest BCUT2D eigenvalue weighted by Gasteiger charge is 2.29. The molecule has 0 saturated carbocycles. The Balaban J connectivity index is 4.42. The molecular weight excluding hydrogens is 1290 g/mol. The number of phosphoric ester groups is 2. The van der Waals surface area contributed by atoms with Gasteiger partial charge in [0.1, 0.15) is 25.4 Å². The van der Waals surface area contributed by atoms with E-state index in [1.807, 2.05) is 0 Å². The van der Waals surface area contributed by atoms with Crippen LogP contribution < -0.4 is 0 Å². The van der Waals surface area contributed by atoms with E-state index in [1.165, 1.54) is 116 Å². The van der Waals surface area contributed by atoms with Gasteiger partial charge in [-0.15, -0.1) is 0 Å². The highest BCUT2D eigenvalue weighted by molar-refractivity contribution is 7.47. The number of unbranched alkanes of at least 4 members (excludes halogenated alkanes) is 30. The van der Waals surface area contributed by atoms with Crippen LogP contribution in [0.2, 0.25) is 0 Å². The van der Waals surface area contributed by atoms with Crippen LogP contribution in [0.4, 0.5) is 0 Å². The molecule has 0 aliphatic heterocycles. The van der Waals surface area contributed by atoms with E-state index >= 15 is 0 Å². The highest BCUT2D eigenvalue weighted by Crippen LogP contribution is 2.45. The van der Waals surface area contributed by atoms with Gasteiger partial charge in [-0.2, -0.15) is 0 Å². The molecule has 0 rings (SSSR count). The van der Waals surface area contributed by atoms with Gasteiger partial charge in [0.05, 0.1) is 26.4 Å². The molecule has 570 valence electrons. The van der Waals surface area contributed by atoms with Crippen molar-refractivity contribution in [3.05, 3.63) is 122 Å². The van der Waals surface area contributed by atoms with Crippen LogP contribution in [0.25, 0.3) is 0 Å². The molecule has 0 saturated heterocycles. The quantitative estimate of drug-likeness (QED) is 0.0146. The molecule has 0 radical (unpaired) electrons. The molecule has 0 aromatic rings. The Labute approximate surface area is 602 Å². The first-order valence-corrected chi connectivity index (χ1v) is 41.8. The average Bonchev–Trinajstić information content (AvgIpc) is 1.22. The molecule has 0 aromatic carbocycles. The number of hydrogen-bond acceptors (Lipinski definition) is 14. The number of carbonyl (C=O) groups excluding carboxylic acids is 3. The lowest BCUT2D eigenvalue weighted by molar-refractivity contribution is -0.161. The molecule has 5 unspecified atom stereocenters. The first-order chi connectivity index (χ1) is 48.2. The summed E-state index contributed by atoms with van der Waals surface area (Å²) in [6.07, 6.45) is 87.0. The molecule has 0 heterocycles. The van der Waals surface area contributed by atoms with Crippen LogP contribution in [0.1, 0.15) is 316 Å². The van der Waals surface area contributed by atoms with Gasteiger partial charge < -0.3 is 34.2 Å². The molecule has 18 heteroatoms. The van der Waals surface area contributed by atoms with Gasteiger partial charge in [0.15, 0.2) is 6.10 Å². The van der Waals surface area contributed by atoms with Crippen molar-refractivity contribution in [2.45, 2.75) is 334 Å². The maximum absolute atomic E-state index is 12.9. The van der Waals surface area contributed by atoms with Gasteiger partial charge in [-0.3, -0.25) is 32.5 Å². The average molecular weight is 1430 g/mol.